The van der Waals surface area contributed by atoms with Crippen molar-refractivity contribution in [2.75, 3.05) is 13.1 Å². The summed E-state index contributed by atoms with van der Waals surface area (Å²) >= 11 is 0. The Kier molecular flexibility index (Phi) is 4.81. The summed E-state index contributed by atoms with van der Waals surface area (Å²) in [6.07, 6.45) is 2.48. The van der Waals surface area contributed by atoms with E-state index in [-0.39, 0.29) is 5.91 Å². The number of carbonyl (C=O) groups excluding carboxylic acids is 1. The number of nitrogens with zero attached hydrogens (tertiary/aromatic N) is 1. The van der Waals surface area contributed by atoms with Gasteiger partial charge in [0.15, 0.2) is 0 Å². The molecule has 1 heterocycles. The fourth-order valence-electron chi connectivity index (χ4n) is 3.17. The molecule has 2 unspecified atom stereocenters. The van der Waals surface area contributed by atoms with E-state index in [4.69, 9.17) is 5.73 Å². The molecule has 0 saturated carbocycles. The monoisotopic (exact) mass is 274 g/mol. The summed E-state index contributed by atoms with van der Waals surface area (Å²) in [5, 5.41) is 0. The van der Waals surface area contributed by atoms with Gasteiger partial charge in [-0.2, -0.15) is 0 Å². The Hall–Kier alpha value is -1.35. The summed E-state index contributed by atoms with van der Waals surface area (Å²) in [6, 6.07) is 6.79. The van der Waals surface area contributed by atoms with Crippen LogP contribution in [0.25, 0.3) is 0 Å². The van der Waals surface area contributed by atoms with Crippen LogP contribution in [0.4, 0.5) is 0 Å². The van der Waals surface area contributed by atoms with Gasteiger partial charge in [-0.15, -0.1) is 0 Å². The van der Waals surface area contributed by atoms with Crippen molar-refractivity contribution >= 4 is 5.91 Å². The van der Waals surface area contributed by atoms with Crippen molar-refractivity contribution in [1.29, 1.82) is 0 Å². The summed E-state index contributed by atoms with van der Waals surface area (Å²) in [5.41, 5.74) is 9.56. The highest BCUT2D eigenvalue weighted by molar-refractivity contribution is 5.77. The van der Waals surface area contributed by atoms with Crippen molar-refractivity contribution in [3.8, 4) is 0 Å². The van der Waals surface area contributed by atoms with Crippen LogP contribution in [0.5, 0.6) is 0 Å². The summed E-state index contributed by atoms with van der Waals surface area (Å²) < 4.78 is 0. The fraction of sp³-hybridized carbons (Fsp3) is 0.588. The number of amides is 1. The van der Waals surface area contributed by atoms with Crippen molar-refractivity contribution in [2.45, 2.75) is 46.1 Å². The summed E-state index contributed by atoms with van der Waals surface area (Å²) in [6.45, 7) is 7.87. The lowest BCUT2D eigenvalue weighted by Gasteiger charge is -2.21. The molecule has 1 amide bonds. The molecular weight excluding hydrogens is 248 g/mol. The van der Waals surface area contributed by atoms with Gasteiger partial charge in [0.1, 0.15) is 0 Å². The smallest absolute Gasteiger partial charge is 0.223 e. The first kappa shape index (κ1) is 15.0. The Morgan fingerprint density at radius 2 is 2.15 bits per heavy atom. The maximum atomic E-state index is 12.4. The molecule has 0 aliphatic carbocycles. The van der Waals surface area contributed by atoms with Gasteiger partial charge in [0, 0.05) is 19.0 Å². The fourth-order valence-corrected chi connectivity index (χ4v) is 3.17. The van der Waals surface area contributed by atoms with E-state index in [1.54, 1.807) is 0 Å². The zero-order valence-electron chi connectivity index (χ0n) is 12.9. The van der Waals surface area contributed by atoms with Gasteiger partial charge in [-0.25, -0.2) is 0 Å². The number of nitrogens with two attached hydrogens (primary N) is 1. The molecule has 1 fully saturated rings. The number of aryl methyl sites for hydroxylation is 3. The number of hydrogen-bond donors (Lipinski definition) is 1. The molecule has 0 aromatic heterocycles. The van der Waals surface area contributed by atoms with E-state index in [2.05, 4.69) is 39.0 Å². The van der Waals surface area contributed by atoms with E-state index >= 15 is 0 Å². The van der Waals surface area contributed by atoms with Gasteiger partial charge in [0.2, 0.25) is 5.91 Å². The average Bonchev–Trinajstić information content (AvgIpc) is 2.79. The highest BCUT2D eigenvalue weighted by Crippen LogP contribution is 2.23. The van der Waals surface area contributed by atoms with Crippen LogP contribution >= 0.6 is 0 Å². The van der Waals surface area contributed by atoms with Crippen LogP contribution in [0, 0.1) is 19.8 Å². The minimum absolute atomic E-state index is 0.272. The maximum absolute atomic E-state index is 12.4. The number of hydrogen-bond acceptors (Lipinski definition) is 2. The largest absolute Gasteiger partial charge is 0.340 e. The van der Waals surface area contributed by atoms with E-state index in [1.807, 2.05) is 4.90 Å². The lowest BCUT2D eigenvalue weighted by Crippen LogP contribution is -2.34. The predicted molar refractivity (Wildman–Crippen MR) is 82.6 cm³/mol. The van der Waals surface area contributed by atoms with Crippen LogP contribution in [0.2, 0.25) is 0 Å². The summed E-state index contributed by atoms with van der Waals surface area (Å²) in [5.74, 6) is 0.753. The average molecular weight is 274 g/mol. The maximum Gasteiger partial charge on any atom is 0.223 e. The van der Waals surface area contributed by atoms with E-state index in [9.17, 15) is 4.79 Å². The van der Waals surface area contributed by atoms with Crippen molar-refractivity contribution in [1.82, 2.24) is 4.90 Å². The first-order valence-corrected chi connectivity index (χ1v) is 7.57. The van der Waals surface area contributed by atoms with E-state index in [0.29, 0.717) is 24.9 Å². The molecule has 0 spiro atoms. The van der Waals surface area contributed by atoms with Gasteiger partial charge in [0.05, 0.1) is 0 Å². The molecular formula is C17H26N2O. The van der Waals surface area contributed by atoms with Crippen molar-refractivity contribution < 1.29 is 4.79 Å². The first-order valence-electron chi connectivity index (χ1n) is 7.57. The Morgan fingerprint density at radius 1 is 1.40 bits per heavy atom. The molecule has 3 heteroatoms. The molecule has 1 saturated heterocycles. The number of benzene rings is 1. The zero-order chi connectivity index (χ0) is 14.7. The first-order chi connectivity index (χ1) is 9.51. The topological polar surface area (TPSA) is 46.3 Å². The molecule has 0 bridgehead atoms. The summed E-state index contributed by atoms with van der Waals surface area (Å²) in [4.78, 5) is 14.4. The van der Waals surface area contributed by atoms with Crippen LogP contribution in [-0.2, 0) is 11.2 Å². The lowest BCUT2D eigenvalue weighted by molar-refractivity contribution is -0.131. The van der Waals surface area contributed by atoms with Crippen LogP contribution < -0.4 is 5.73 Å². The van der Waals surface area contributed by atoms with E-state index in [0.717, 1.165) is 19.4 Å². The van der Waals surface area contributed by atoms with Crippen LogP contribution in [0.3, 0.4) is 0 Å². The highest BCUT2D eigenvalue weighted by Gasteiger charge is 2.31. The number of likely N-dealkylation sites (tertiary alicyclic amines) is 1. The van der Waals surface area contributed by atoms with Crippen molar-refractivity contribution in [3.05, 3.63) is 34.9 Å². The van der Waals surface area contributed by atoms with Crippen molar-refractivity contribution in [2.24, 2.45) is 11.7 Å². The summed E-state index contributed by atoms with van der Waals surface area (Å²) in [7, 11) is 0. The molecule has 0 radical (unpaired) electrons. The molecule has 2 rings (SSSR count). The predicted octanol–water partition coefficient (Wildman–Crippen LogP) is 2.43. The van der Waals surface area contributed by atoms with Gasteiger partial charge in [0.25, 0.3) is 0 Å². The Bertz CT molecular complexity index is 484. The van der Waals surface area contributed by atoms with Crippen molar-refractivity contribution in [3.63, 3.8) is 0 Å². The Labute approximate surface area is 122 Å². The Balaban J connectivity index is 1.92. The van der Waals surface area contributed by atoms with Gasteiger partial charge in [-0.05, 0) is 57.2 Å². The van der Waals surface area contributed by atoms with Gasteiger partial charge >= 0.3 is 0 Å². The quantitative estimate of drug-likeness (QED) is 0.916. The van der Waals surface area contributed by atoms with E-state index < -0.39 is 0 Å². The van der Waals surface area contributed by atoms with Crippen LogP contribution in [0.1, 0.15) is 36.5 Å². The minimum Gasteiger partial charge on any atom is -0.340 e. The lowest BCUT2D eigenvalue weighted by atomic mass is 10.0. The second-order valence-corrected chi connectivity index (χ2v) is 6.16. The minimum atomic E-state index is 0.272. The SMILES string of the molecule is Cc1ccc(CCC(=O)N2CC(CN)CC2C)c(C)c1. The molecule has 1 aromatic rings. The van der Waals surface area contributed by atoms with Gasteiger partial charge in [-0.3, -0.25) is 4.79 Å². The third-order valence-corrected chi connectivity index (χ3v) is 4.42. The second kappa shape index (κ2) is 6.40. The molecule has 110 valence electrons. The molecule has 1 aliphatic rings. The molecule has 20 heavy (non-hydrogen) atoms. The van der Waals surface area contributed by atoms with Gasteiger partial charge in [-0.1, -0.05) is 23.8 Å². The second-order valence-electron chi connectivity index (χ2n) is 6.16. The number of carbonyl (C=O) groups is 1. The zero-order valence-corrected chi connectivity index (χ0v) is 12.9. The molecule has 1 aromatic carbocycles. The van der Waals surface area contributed by atoms with Crippen LogP contribution in [-0.4, -0.2) is 29.9 Å². The Morgan fingerprint density at radius 3 is 2.75 bits per heavy atom. The third kappa shape index (κ3) is 3.40. The molecule has 2 atom stereocenters. The highest BCUT2D eigenvalue weighted by atomic mass is 16.2. The molecule has 3 nitrogen and oxygen atoms in total. The third-order valence-electron chi connectivity index (χ3n) is 4.42. The van der Waals surface area contributed by atoms with Crippen LogP contribution in [0.15, 0.2) is 18.2 Å². The standard InChI is InChI=1S/C17H26N2O/c1-12-4-5-16(13(2)8-12)6-7-17(20)19-11-15(10-18)9-14(19)3/h4-5,8,14-15H,6-7,9-11,18H2,1-3H3. The number of rotatable bonds is 4. The molecule has 1 aliphatic heterocycles. The van der Waals surface area contributed by atoms with E-state index in [1.165, 1.54) is 16.7 Å². The normalized spacial score (nSPS) is 22.3. The molecule has 2 N–H and O–H groups in total. The van der Waals surface area contributed by atoms with Gasteiger partial charge < -0.3 is 10.6 Å².